The summed E-state index contributed by atoms with van der Waals surface area (Å²) >= 11 is 0.953. The Morgan fingerprint density at radius 2 is 1.89 bits per heavy atom. The number of benzene rings is 1. The van der Waals surface area contributed by atoms with Crippen molar-refractivity contribution in [3.05, 3.63) is 39.8 Å². The number of thiazole rings is 1. The van der Waals surface area contributed by atoms with Crippen LogP contribution in [0, 0.1) is 0 Å². The topological polar surface area (TPSA) is 67.8 Å². The molecule has 0 bridgehead atoms. The SMILES string of the molecule is CCNC(=NCc1ccc(OC)c(OC)c1)NCc1nc(C(F)(F)F)cs1.I. The summed E-state index contributed by atoms with van der Waals surface area (Å²) < 4.78 is 48.3. The standard InChI is InChI=1S/C17H21F3N4O2S.HI/c1-4-21-16(23-9-15-24-14(10-27-15)17(18,19)20)22-8-11-5-6-12(25-2)13(7-11)26-3;/h5-7,10H,4,8-9H2,1-3H3,(H2,21,22,23);1H. The number of aromatic nitrogens is 1. The van der Waals surface area contributed by atoms with Crippen molar-refractivity contribution in [1.82, 2.24) is 15.6 Å². The van der Waals surface area contributed by atoms with Crippen LogP contribution in [0.15, 0.2) is 28.6 Å². The molecule has 0 saturated carbocycles. The van der Waals surface area contributed by atoms with Crippen LogP contribution in [-0.2, 0) is 19.3 Å². The number of guanidine groups is 1. The van der Waals surface area contributed by atoms with E-state index in [-0.39, 0.29) is 30.5 Å². The molecule has 11 heteroatoms. The first kappa shape index (κ1) is 24.3. The fraction of sp³-hybridized carbons (Fsp3) is 0.412. The summed E-state index contributed by atoms with van der Waals surface area (Å²) in [6.45, 7) is 3.03. The summed E-state index contributed by atoms with van der Waals surface area (Å²) in [4.78, 5) is 8.03. The number of nitrogens with one attached hydrogen (secondary N) is 2. The largest absolute Gasteiger partial charge is 0.493 e. The van der Waals surface area contributed by atoms with Crippen LogP contribution in [0.25, 0.3) is 0 Å². The van der Waals surface area contributed by atoms with Crippen molar-refractivity contribution in [2.24, 2.45) is 4.99 Å². The third-order valence-corrected chi connectivity index (χ3v) is 4.31. The molecule has 1 heterocycles. The van der Waals surface area contributed by atoms with Gasteiger partial charge in [-0.25, -0.2) is 9.98 Å². The summed E-state index contributed by atoms with van der Waals surface area (Å²) in [5, 5.41) is 7.37. The van der Waals surface area contributed by atoms with E-state index in [9.17, 15) is 13.2 Å². The van der Waals surface area contributed by atoms with E-state index >= 15 is 0 Å². The second-order valence-electron chi connectivity index (χ2n) is 5.36. The molecule has 0 fully saturated rings. The molecule has 0 aliphatic carbocycles. The third kappa shape index (κ3) is 7.00. The van der Waals surface area contributed by atoms with E-state index in [2.05, 4.69) is 20.6 Å². The van der Waals surface area contributed by atoms with Crippen LogP contribution in [0.4, 0.5) is 13.2 Å². The molecule has 6 nitrogen and oxygen atoms in total. The minimum atomic E-state index is -4.43. The smallest absolute Gasteiger partial charge is 0.434 e. The third-order valence-electron chi connectivity index (χ3n) is 3.46. The van der Waals surface area contributed by atoms with Gasteiger partial charge in [-0.3, -0.25) is 0 Å². The van der Waals surface area contributed by atoms with Crippen LogP contribution < -0.4 is 20.1 Å². The molecule has 2 rings (SSSR count). The Hall–Kier alpha value is -1.76. The van der Waals surface area contributed by atoms with E-state index in [1.54, 1.807) is 20.3 Å². The summed E-state index contributed by atoms with van der Waals surface area (Å²) in [5.41, 5.74) is 0.0232. The number of hydrogen-bond acceptors (Lipinski definition) is 5. The fourth-order valence-corrected chi connectivity index (χ4v) is 2.91. The first-order chi connectivity index (χ1) is 12.9. The Labute approximate surface area is 182 Å². The summed E-state index contributed by atoms with van der Waals surface area (Å²) in [6.07, 6.45) is -4.43. The molecule has 2 aromatic rings. The minimum absolute atomic E-state index is 0. The quantitative estimate of drug-likeness (QED) is 0.321. The first-order valence-corrected chi connectivity index (χ1v) is 9.00. The van der Waals surface area contributed by atoms with Gasteiger partial charge in [0.05, 0.1) is 27.3 Å². The van der Waals surface area contributed by atoms with Crippen molar-refractivity contribution in [2.75, 3.05) is 20.8 Å². The highest BCUT2D eigenvalue weighted by Crippen LogP contribution is 2.30. The van der Waals surface area contributed by atoms with Crippen LogP contribution in [0.3, 0.4) is 0 Å². The minimum Gasteiger partial charge on any atom is -0.493 e. The van der Waals surface area contributed by atoms with E-state index < -0.39 is 11.9 Å². The molecule has 0 unspecified atom stereocenters. The lowest BCUT2D eigenvalue weighted by molar-refractivity contribution is -0.140. The van der Waals surface area contributed by atoms with Gasteiger partial charge in [0, 0.05) is 11.9 Å². The molecule has 1 aromatic carbocycles. The second-order valence-corrected chi connectivity index (χ2v) is 6.30. The lowest BCUT2D eigenvalue weighted by Crippen LogP contribution is -2.36. The van der Waals surface area contributed by atoms with Gasteiger partial charge in [-0.05, 0) is 24.6 Å². The number of halogens is 4. The van der Waals surface area contributed by atoms with Gasteiger partial charge in [-0.15, -0.1) is 35.3 Å². The summed E-state index contributed by atoms with van der Waals surface area (Å²) in [7, 11) is 3.12. The monoisotopic (exact) mass is 530 g/mol. The number of ether oxygens (including phenoxy) is 2. The lowest BCUT2D eigenvalue weighted by Gasteiger charge is -2.11. The number of nitrogens with zero attached hydrogens (tertiary/aromatic N) is 2. The number of alkyl halides is 3. The van der Waals surface area contributed by atoms with Crippen molar-refractivity contribution in [3.8, 4) is 11.5 Å². The Balaban J connectivity index is 0.00000392. The van der Waals surface area contributed by atoms with Crippen LogP contribution in [-0.4, -0.2) is 31.7 Å². The van der Waals surface area contributed by atoms with Gasteiger partial charge >= 0.3 is 6.18 Å². The molecular formula is C17H22F3IN4O2S. The molecule has 2 N–H and O–H groups in total. The number of hydrogen-bond donors (Lipinski definition) is 2. The zero-order chi connectivity index (χ0) is 19.9. The molecular weight excluding hydrogens is 508 g/mol. The second kappa shape index (κ2) is 11.3. The summed E-state index contributed by atoms with van der Waals surface area (Å²) in [5.74, 6) is 1.71. The van der Waals surface area contributed by atoms with Crippen molar-refractivity contribution >= 4 is 41.3 Å². The van der Waals surface area contributed by atoms with Crippen LogP contribution in [0.1, 0.15) is 23.2 Å². The number of aliphatic imine (C=N–C) groups is 1. The highest BCUT2D eigenvalue weighted by molar-refractivity contribution is 14.0. The van der Waals surface area contributed by atoms with Gasteiger partial charge in [0.1, 0.15) is 5.01 Å². The van der Waals surface area contributed by atoms with Crippen molar-refractivity contribution < 1.29 is 22.6 Å². The highest BCUT2D eigenvalue weighted by Gasteiger charge is 2.33. The van der Waals surface area contributed by atoms with Gasteiger partial charge in [-0.1, -0.05) is 6.07 Å². The maximum atomic E-state index is 12.6. The maximum absolute atomic E-state index is 12.6. The van der Waals surface area contributed by atoms with Crippen molar-refractivity contribution in [2.45, 2.75) is 26.2 Å². The lowest BCUT2D eigenvalue weighted by atomic mass is 10.2. The summed E-state index contributed by atoms with van der Waals surface area (Å²) in [6, 6.07) is 5.48. The zero-order valence-electron chi connectivity index (χ0n) is 15.6. The molecule has 156 valence electrons. The zero-order valence-corrected chi connectivity index (χ0v) is 18.7. The van der Waals surface area contributed by atoms with Crippen LogP contribution in [0.5, 0.6) is 11.5 Å². The van der Waals surface area contributed by atoms with Crippen molar-refractivity contribution in [1.29, 1.82) is 0 Å². The Morgan fingerprint density at radius 3 is 2.46 bits per heavy atom. The van der Waals surface area contributed by atoms with Gasteiger partial charge in [-0.2, -0.15) is 13.2 Å². The highest BCUT2D eigenvalue weighted by atomic mass is 127. The maximum Gasteiger partial charge on any atom is 0.434 e. The van der Waals surface area contributed by atoms with Crippen LogP contribution >= 0.6 is 35.3 Å². The first-order valence-electron chi connectivity index (χ1n) is 8.12. The molecule has 0 aliphatic rings. The van der Waals surface area contributed by atoms with E-state index in [4.69, 9.17) is 9.47 Å². The predicted octanol–water partition coefficient (Wildman–Crippen LogP) is 4.05. The van der Waals surface area contributed by atoms with Gasteiger partial charge in [0.25, 0.3) is 0 Å². The normalized spacial score (nSPS) is 11.6. The number of methoxy groups -OCH3 is 2. The van der Waals surface area contributed by atoms with Gasteiger partial charge in [0.15, 0.2) is 23.2 Å². The Bertz CT molecular complexity index is 784. The molecule has 1 aromatic heterocycles. The molecule has 0 radical (unpaired) electrons. The Morgan fingerprint density at radius 1 is 1.18 bits per heavy atom. The average molecular weight is 530 g/mol. The number of rotatable bonds is 7. The molecule has 28 heavy (non-hydrogen) atoms. The molecule has 0 amide bonds. The van der Waals surface area contributed by atoms with E-state index in [0.29, 0.717) is 35.6 Å². The fourth-order valence-electron chi connectivity index (χ4n) is 2.17. The van der Waals surface area contributed by atoms with Gasteiger partial charge in [0.2, 0.25) is 0 Å². The van der Waals surface area contributed by atoms with Gasteiger partial charge < -0.3 is 20.1 Å². The van der Waals surface area contributed by atoms with E-state index in [0.717, 1.165) is 22.3 Å². The van der Waals surface area contributed by atoms with Crippen LogP contribution in [0.2, 0.25) is 0 Å². The van der Waals surface area contributed by atoms with Crippen molar-refractivity contribution in [3.63, 3.8) is 0 Å². The molecule has 0 spiro atoms. The Kier molecular flexibility index (Phi) is 9.79. The molecule has 0 saturated heterocycles. The predicted molar refractivity (Wildman–Crippen MR) is 114 cm³/mol. The van der Waals surface area contributed by atoms with E-state index in [1.165, 1.54) is 0 Å². The molecule has 0 aliphatic heterocycles. The molecule has 0 atom stereocenters. The average Bonchev–Trinajstić information content (AvgIpc) is 3.13. The van der Waals surface area contributed by atoms with E-state index in [1.807, 2.05) is 19.1 Å².